The number of methoxy groups -OCH3 is 1. The summed E-state index contributed by atoms with van der Waals surface area (Å²) in [4.78, 5) is 9.24. The Bertz CT molecular complexity index is 683. The number of ether oxygens (including phenoxy) is 1. The number of likely N-dealkylation sites (tertiary alicyclic amines) is 1. The van der Waals surface area contributed by atoms with Crippen molar-refractivity contribution in [3.05, 3.63) is 47.2 Å². The van der Waals surface area contributed by atoms with Gasteiger partial charge in [0.1, 0.15) is 11.5 Å². The van der Waals surface area contributed by atoms with Crippen molar-refractivity contribution in [1.29, 1.82) is 0 Å². The van der Waals surface area contributed by atoms with E-state index in [4.69, 9.17) is 9.15 Å². The van der Waals surface area contributed by atoms with Crippen molar-refractivity contribution in [1.82, 2.24) is 14.8 Å². The van der Waals surface area contributed by atoms with Crippen LogP contribution in [0, 0.1) is 13.8 Å². The smallest absolute Gasteiger partial charge is 0.208 e. The zero-order chi connectivity index (χ0) is 17.1. The van der Waals surface area contributed by atoms with Gasteiger partial charge in [0.15, 0.2) is 0 Å². The first-order valence-electron chi connectivity index (χ1n) is 8.52. The zero-order valence-corrected chi connectivity index (χ0v) is 15.1. The van der Waals surface area contributed by atoms with Crippen LogP contribution in [0.4, 0.5) is 0 Å². The van der Waals surface area contributed by atoms with Crippen LogP contribution in [0.15, 0.2) is 28.8 Å². The fourth-order valence-electron chi connectivity index (χ4n) is 3.42. The third kappa shape index (κ3) is 3.97. The molecule has 0 amide bonds. The Hall–Kier alpha value is -1.85. The topological polar surface area (TPSA) is 41.7 Å². The molecule has 130 valence electrons. The van der Waals surface area contributed by atoms with E-state index in [1.54, 1.807) is 13.3 Å². The van der Waals surface area contributed by atoms with Crippen molar-refractivity contribution in [3.63, 3.8) is 0 Å². The van der Waals surface area contributed by atoms with E-state index in [1.807, 2.05) is 6.92 Å². The van der Waals surface area contributed by atoms with Gasteiger partial charge in [0, 0.05) is 24.7 Å². The average molecular weight is 329 g/mol. The molecule has 0 bridgehead atoms. The first-order chi connectivity index (χ1) is 11.5. The monoisotopic (exact) mass is 329 g/mol. The number of oxazole rings is 1. The zero-order valence-electron chi connectivity index (χ0n) is 15.1. The predicted octanol–water partition coefficient (Wildman–Crippen LogP) is 3.01. The highest BCUT2D eigenvalue weighted by Gasteiger charge is 2.27. The van der Waals surface area contributed by atoms with E-state index in [2.05, 4.69) is 47.0 Å². The van der Waals surface area contributed by atoms with Gasteiger partial charge in [-0.25, -0.2) is 4.98 Å². The van der Waals surface area contributed by atoms with E-state index >= 15 is 0 Å². The van der Waals surface area contributed by atoms with Crippen LogP contribution in [-0.4, -0.2) is 48.1 Å². The van der Waals surface area contributed by atoms with Crippen LogP contribution < -0.4 is 4.74 Å². The second-order valence-electron chi connectivity index (χ2n) is 6.79. The van der Waals surface area contributed by atoms with E-state index in [1.165, 1.54) is 17.5 Å². The van der Waals surface area contributed by atoms with Gasteiger partial charge in [0.25, 0.3) is 0 Å². The summed E-state index contributed by atoms with van der Waals surface area (Å²) < 4.78 is 11.3. The molecule has 1 atom stereocenters. The fourth-order valence-corrected chi connectivity index (χ4v) is 3.42. The molecular weight excluding hydrogens is 302 g/mol. The summed E-state index contributed by atoms with van der Waals surface area (Å²) in [5.74, 6) is 2.59. The van der Waals surface area contributed by atoms with Gasteiger partial charge >= 0.3 is 0 Å². The van der Waals surface area contributed by atoms with Crippen LogP contribution in [0.3, 0.4) is 0 Å². The number of likely N-dealkylation sites (N-methyl/N-ethyl adjacent to an activating group) is 1. The molecule has 0 radical (unpaired) electrons. The number of aromatic nitrogens is 1. The standard InChI is InChI=1S/C19H27N3O2/c1-14-5-6-18(23-4)16(9-14)11-22(17-7-8-21(3)12-17)13-19-20-10-15(2)24-19/h5-6,9-10,17H,7-8,11-13H2,1-4H3/t17-/m1/s1. The van der Waals surface area contributed by atoms with Crippen molar-refractivity contribution in [2.24, 2.45) is 0 Å². The molecule has 1 aliphatic rings. The summed E-state index contributed by atoms with van der Waals surface area (Å²) in [5.41, 5.74) is 2.47. The van der Waals surface area contributed by atoms with Gasteiger partial charge in [-0.1, -0.05) is 17.7 Å². The Morgan fingerprint density at radius 1 is 1.33 bits per heavy atom. The summed E-state index contributed by atoms with van der Waals surface area (Å²) in [6.45, 7) is 7.83. The van der Waals surface area contributed by atoms with Crippen LogP contribution in [0.25, 0.3) is 0 Å². The number of benzene rings is 1. The maximum atomic E-state index is 5.72. The maximum absolute atomic E-state index is 5.72. The molecular formula is C19H27N3O2. The minimum absolute atomic E-state index is 0.507. The molecule has 24 heavy (non-hydrogen) atoms. The van der Waals surface area contributed by atoms with Gasteiger partial charge in [-0.15, -0.1) is 0 Å². The molecule has 2 aromatic rings. The second-order valence-corrected chi connectivity index (χ2v) is 6.79. The average Bonchev–Trinajstić information content (AvgIpc) is 3.15. The predicted molar refractivity (Wildman–Crippen MR) is 94.1 cm³/mol. The lowest BCUT2D eigenvalue weighted by Gasteiger charge is -2.28. The van der Waals surface area contributed by atoms with Crippen molar-refractivity contribution in [2.75, 3.05) is 27.2 Å². The van der Waals surface area contributed by atoms with E-state index in [-0.39, 0.29) is 0 Å². The third-order valence-corrected chi connectivity index (χ3v) is 4.70. The molecule has 1 saturated heterocycles. The number of hydrogen-bond acceptors (Lipinski definition) is 5. The molecule has 0 spiro atoms. The molecule has 1 aliphatic heterocycles. The molecule has 1 aromatic carbocycles. The Morgan fingerprint density at radius 2 is 2.17 bits per heavy atom. The molecule has 0 unspecified atom stereocenters. The quantitative estimate of drug-likeness (QED) is 0.815. The van der Waals surface area contributed by atoms with Gasteiger partial charge in [0.2, 0.25) is 5.89 Å². The molecule has 5 heteroatoms. The summed E-state index contributed by atoms with van der Waals surface area (Å²) in [6, 6.07) is 6.87. The molecule has 0 N–H and O–H groups in total. The Kier molecular flexibility index (Phi) is 5.21. The van der Waals surface area contributed by atoms with E-state index < -0.39 is 0 Å². The van der Waals surface area contributed by atoms with Gasteiger partial charge < -0.3 is 14.1 Å². The fraction of sp³-hybridized carbons (Fsp3) is 0.526. The first kappa shape index (κ1) is 17.0. The van der Waals surface area contributed by atoms with Crippen LogP contribution in [0.2, 0.25) is 0 Å². The summed E-state index contributed by atoms with van der Waals surface area (Å²) in [7, 11) is 3.92. The lowest BCUT2D eigenvalue weighted by Crippen LogP contribution is -2.36. The maximum Gasteiger partial charge on any atom is 0.208 e. The largest absolute Gasteiger partial charge is 0.496 e. The number of hydrogen-bond donors (Lipinski definition) is 0. The molecule has 3 rings (SSSR count). The van der Waals surface area contributed by atoms with Crippen molar-refractivity contribution in [2.45, 2.75) is 39.4 Å². The Balaban J connectivity index is 1.82. The highest BCUT2D eigenvalue weighted by Crippen LogP contribution is 2.25. The molecule has 1 fully saturated rings. The highest BCUT2D eigenvalue weighted by molar-refractivity contribution is 5.36. The summed E-state index contributed by atoms with van der Waals surface area (Å²) in [5, 5.41) is 0. The number of rotatable bonds is 6. The van der Waals surface area contributed by atoms with E-state index in [0.29, 0.717) is 6.04 Å². The summed E-state index contributed by atoms with van der Waals surface area (Å²) in [6.07, 6.45) is 2.96. The normalized spacial score (nSPS) is 18.5. The SMILES string of the molecule is COc1ccc(C)cc1CN(Cc1ncc(C)o1)[C@@H]1CCN(C)C1. The minimum atomic E-state index is 0.507. The van der Waals surface area contributed by atoms with Crippen molar-refractivity contribution in [3.8, 4) is 5.75 Å². The minimum Gasteiger partial charge on any atom is -0.496 e. The number of aryl methyl sites for hydroxylation is 2. The molecule has 5 nitrogen and oxygen atoms in total. The lowest BCUT2D eigenvalue weighted by atomic mass is 10.1. The van der Waals surface area contributed by atoms with Crippen LogP contribution in [0.1, 0.15) is 29.2 Å². The number of nitrogens with zero attached hydrogens (tertiary/aromatic N) is 3. The van der Waals surface area contributed by atoms with E-state index in [9.17, 15) is 0 Å². The Labute approximate surface area is 144 Å². The molecule has 1 aromatic heterocycles. The van der Waals surface area contributed by atoms with Crippen LogP contribution in [-0.2, 0) is 13.1 Å². The summed E-state index contributed by atoms with van der Waals surface area (Å²) >= 11 is 0. The van der Waals surface area contributed by atoms with E-state index in [0.717, 1.165) is 43.6 Å². The van der Waals surface area contributed by atoms with Crippen LogP contribution in [0.5, 0.6) is 5.75 Å². The van der Waals surface area contributed by atoms with Gasteiger partial charge in [-0.05, 0) is 39.9 Å². The third-order valence-electron chi connectivity index (χ3n) is 4.70. The molecule has 0 aliphatic carbocycles. The first-order valence-corrected chi connectivity index (χ1v) is 8.52. The van der Waals surface area contributed by atoms with Gasteiger partial charge in [-0.2, -0.15) is 0 Å². The Morgan fingerprint density at radius 3 is 2.79 bits per heavy atom. The van der Waals surface area contributed by atoms with Crippen molar-refractivity contribution >= 4 is 0 Å². The highest BCUT2D eigenvalue weighted by atomic mass is 16.5. The van der Waals surface area contributed by atoms with Crippen LogP contribution >= 0.6 is 0 Å². The lowest BCUT2D eigenvalue weighted by molar-refractivity contribution is 0.161. The second kappa shape index (κ2) is 7.36. The molecule has 2 heterocycles. The van der Waals surface area contributed by atoms with Crippen molar-refractivity contribution < 1.29 is 9.15 Å². The van der Waals surface area contributed by atoms with Gasteiger partial charge in [0.05, 0.1) is 19.9 Å². The van der Waals surface area contributed by atoms with Gasteiger partial charge in [-0.3, -0.25) is 4.90 Å². The molecule has 0 saturated carbocycles.